The quantitative estimate of drug-likeness (QED) is 0.479. The maximum atomic E-state index is 6.19. The van der Waals surface area contributed by atoms with Crippen molar-refractivity contribution in [1.82, 2.24) is 0 Å². The normalized spacial score (nSPS) is 33.8. The molecule has 22 heavy (non-hydrogen) atoms. The van der Waals surface area contributed by atoms with Gasteiger partial charge in [-0.2, -0.15) is 0 Å². The van der Waals surface area contributed by atoms with Crippen LogP contribution in [-0.2, 0) is 24.5 Å². The number of para-hydroxylation sites is 1. The van der Waals surface area contributed by atoms with Crippen molar-refractivity contribution >= 4 is 52.8 Å². The molecule has 1 saturated heterocycles. The van der Waals surface area contributed by atoms with Crippen LogP contribution in [0.3, 0.4) is 0 Å². The Hall–Kier alpha value is -0.110. The minimum atomic E-state index is -1.76. The topological polar surface area (TPSA) is 3.24 Å². The summed E-state index contributed by atoms with van der Waals surface area (Å²) >= 11 is 14.3. The summed E-state index contributed by atoms with van der Waals surface area (Å²) in [4.78, 5) is 0. The van der Waals surface area contributed by atoms with E-state index in [-0.39, 0.29) is 0 Å². The van der Waals surface area contributed by atoms with Crippen molar-refractivity contribution in [2.24, 2.45) is 0 Å². The van der Waals surface area contributed by atoms with Crippen molar-refractivity contribution in [1.29, 1.82) is 0 Å². The van der Waals surface area contributed by atoms with Crippen molar-refractivity contribution in [3.8, 4) is 0 Å². The molecule has 4 rings (SSSR count). The van der Waals surface area contributed by atoms with Gasteiger partial charge in [0.1, 0.15) is 28.6 Å². The molecule has 112 valence electrons. The number of hydrogen-bond donors (Lipinski definition) is 0. The zero-order valence-corrected chi connectivity index (χ0v) is 16.0. The minimum Gasteiger partial charge on any atom is -0.512 e. The summed E-state index contributed by atoms with van der Waals surface area (Å²) in [7, 11) is 0. The van der Waals surface area contributed by atoms with Gasteiger partial charge in [0.15, 0.2) is 11.0 Å². The van der Waals surface area contributed by atoms with Crippen LogP contribution < -0.4 is 4.44 Å². The molecule has 1 fully saturated rings. The van der Waals surface area contributed by atoms with Crippen LogP contribution in [0, 0.1) is 0 Å². The lowest BCUT2D eigenvalue weighted by Crippen LogP contribution is -2.36. The van der Waals surface area contributed by atoms with E-state index in [0.717, 1.165) is 0 Å². The maximum absolute atomic E-state index is 6.19. The summed E-state index contributed by atoms with van der Waals surface area (Å²) in [5.74, 6) is -3.52. The fourth-order valence-corrected chi connectivity index (χ4v) is 30.4. The largest absolute Gasteiger partial charge is 0.512 e. The minimum absolute atomic E-state index is 0.346. The molecule has 1 aromatic rings. The molecule has 0 radical (unpaired) electrons. The van der Waals surface area contributed by atoms with Gasteiger partial charge in [0.25, 0.3) is 0 Å². The standard InChI is InChI=1S/C16H15NP2S3/c20-18(15-10-4-5-11-15)17(14-8-2-1-3-9-14)19(21,22-18)16-12-6-7-13-16/h1-13,15-16H. The van der Waals surface area contributed by atoms with Crippen LogP contribution >= 0.6 is 22.6 Å². The molecule has 0 aromatic heterocycles. The molecule has 0 saturated carbocycles. The lowest BCUT2D eigenvalue weighted by Gasteiger charge is -2.59. The smallest absolute Gasteiger partial charge is 0.198 e. The molecular weight excluding hydrogens is 364 g/mol. The first-order valence-corrected chi connectivity index (χ1v) is 14.8. The first kappa shape index (κ1) is 15.4. The van der Waals surface area contributed by atoms with Gasteiger partial charge in [-0.25, -0.2) is 0 Å². The summed E-state index contributed by atoms with van der Waals surface area (Å²) in [5, 5.41) is 0. The van der Waals surface area contributed by atoms with E-state index in [0.29, 0.717) is 11.3 Å². The summed E-state index contributed by atoms with van der Waals surface area (Å²) in [6.45, 7) is 0. The summed E-state index contributed by atoms with van der Waals surface area (Å²) in [6, 6.07) is 10.5. The molecule has 2 aliphatic carbocycles. The van der Waals surface area contributed by atoms with Gasteiger partial charge in [-0.15, -0.1) is 4.44 Å². The monoisotopic (exact) mass is 379 g/mol. The summed E-state index contributed by atoms with van der Waals surface area (Å²) < 4.78 is 2.48. The Morgan fingerprint density at radius 1 is 0.773 bits per heavy atom. The highest BCUT2D eigenvalue weighted by Gasteiger charge is 2.69. The van der Waals surface area contributed by atoms with Crippen LogP contribution in [0.2, 0.25) is 0 Å². The van der Waals surface area contributed by atoms with Crippen LogP contribution in [0.1, 0.15) is 0 Å². The highest BCUT2D eigenvalue weighted by atomic mass is 33.4. The van der Waals surface area contributed by atoms with Crippen molar-refractivity contribution in [2.45, 2.75) is 11.3 Å². The van der Waals surface area contributed by atoms with E-state index in [9.17, 15) is 0 Å². The third-order valence-corrected chi connectivity index (χ3v) is 25.4. The molecule has 0 N–H and O–H groups in total. The molecule has 1 aromatic carbocycles. The molecule has 0 amide bonds. The number of hydrogen-bond acceptors (Lipinski definition) is 4. The molecule has 1 nitrogen and oxygen atoms in total. The van der Waals surface area contributed by atoms with E-state index in [1.807, 2.05) is 17.1 Å². The summed E-state index contributed by atoms with van der Waals surface area (Å²) in [5.41, 5.74) is 1.90. The lowest BCUT2D eigenvalue weighted by molar-refractivity contribution is 1.37. The van der Waals surface area contributed by atoms with E-state index < -0.39 is 11.6 Å². The predicted octanol–water partition coefficient (Wildman–Crippen LogP) is 5.85. The second kappa shape index (κ2) is 5.76. The fraction of sp³-hybridized carbons (Fsp3) is 0.125. The Kier molecular flexibility index (Phi) is 4.03. The second-order valence-corrected chi connectivity index (χ2v) is 20.1. The van der Waals surface area contributed by atoms with Crippen LogP contribution in [0.25, 0.3) is 0 Å². The van der Waals surface area contributed by atoms with Gasteiger partial charge in [0, 0.05) is 0 Å². The Morgan fingerprint density at radius 3 is 1.68 bits per heavy atom. The zero-order valence-electron chi connectivity index (χ0n) is 11.7. The van der Waals surface area contributed by atoms with E-state index in [4.69, 9.17) is 24.5 Å². The second-order valence-electron chi connectivity index (χ2n) is 5.36. The van der Waals surface area contributed by atoms with Crippen molar-refractivity contribution in [3.05, 3.63) is 78.9 Å². The molecule has 3 aliphatic rings. The molecule has 0 spiro atoms. The number of benzene rings is 1. The van der Waals surface area contributed by atoms with Crippen molar-refractivity contribution < 1.29 is 0 Å². The molecule has 2 atom stereocenters. The fourth-order valence-electron chi connectivity index (χ4n) is 2.90. The van der Waals surface area contributed by atoms with E-state index in [1.54, 1.807) is 0 Å². The van der Waals surface area contributed by atoms with Crippen LogP contribution in [0.15, 0.2) is 78.9 Å². The van der Waals surface area contributed by atoms with E-state index >= 15 is 0 Å². The number of allylic oxidation sites excluding steroid dienone is 8. The van der Waals surface area contributed by atoms with Gasteiger partial charge in [0.2, 0.25) is 0 Å². The SMILES string of the molecule is [S-][P+]1(C2C=CC=C2)S[P+]([S-])(C2C=CC=C2)N1c1ccccc1. The average Bonchev–Trinajstić information content (AvgIpc) is 3.21. The predicted molar refractivity (Wildman–Crippen MR) is 109 cm³/mol. The van der Waals surface area contributed by atoms with E-state index in [1.165, 1.54) is 5.69 Å². The number of anilines is 1. The van der Waals surface area contributed by atoms with Gasteiger partial charge in [-0.3, -0.25) is 0 Å². The lowest BCUT2D eigenvalue weighted by atomic mass is 10.3. The Morgan fingerprint density at radius 2 is 1.23 bits per heavy atom. The molecule has 6 heteroatoms. The highest BCUT2D eigenvalue weighted by molar-refractivity contribution is 9.20. The zero-order chi connectivity index (χ0) is 15.2. The first-order valence-electron chi connectivity index (χ1n) is 7.11. The Balaban J connectivity index is 1.76. The molecule has 0 bridgehead atoms. The molecule has 1 heterocycles. The maximum Gasteiger partial charge on any atom is 0.198 e. The van der Waals surface area contributed by atoms with Gasteiger partial charge in [-0.1, -0.05) is 42.5 Å². The first-order chi connectivity index (χ1) is 10.6. The van der Waals surface area contributed by atoms with Gasteiger partial charge in [-0.05, 0) is 36.4 Å². The Bertz CT molecular complexity index is 639. The van der Waals surface area contributed by atoms with Crippen LogP contribution in [-0.4, -0.2) is 11.3 Å². The molecule has 1 aliphatic heterocycles. The van der Waals surface area contributed by atoms with Crippen LogP contribution in [0.5, 0.6) is 0 Å². The summed E-state index contributed by atoms with van der Waals surface area (Å²) in [6.07, 6.45) is 17.4. The molecular formula is C16H15NP2S3. The van der Waals surface area contributed by atoms with Crippen LogP contribution in [0.4, 0.5) is 5.69 Å². The van der Waals surface area contributed by atoms with E-state index in [2.05, 4.69) is 77.3 Å². The van der Waals surface area contributed by atoms with Gasteiger partial charge in [0.05, 0.1) is 0 Å². The van der Waals surface area contributed by atoms with Gasteiger partial charge < -0.3 is 24.5 Å². The van der Waals surface area contributed by atoms with Crippen molar-refractivity contribution in [2.75, 3.05) is 4.44 Å². The molecule has 2 unspecified atom stereocenters. The third-order valence-electron chi connectivity index (χ3n) is 3.96. The van der Waals surface area contributed by atoms with Crippen molar-refractivity contribution in [3.63, 3.8) is 0 Å². The van der Waals surface area contributed by atoms with Gasteiger partial charge >= 0.3 is 0 Å². The average molecular weight is 379 g/mol. The number of nitrogens with zero attached hydrogens (tertiary/aromatic N) is 1. The number of rotatable bonds is 3. The third kappa shape index (κ3) is 2.27. The highest BCUT2D eigenvalue weighted by Crippen LogP contribution is 3.08. The Labute approximate surface area is 147 Å².